The molecule has 2 heterocycles. The average molecular weight is 434 g/mol. The van der Waals surface area contributed by atoms with Crippen molar-refractivity contribution in [1.29, 1.82) is 0 Å². The van der Waals surface area contributed by atoms with Crippen molar-refractivity contribution in [3.05, 3.63) is 58.8 Å². The predicted octanol–water partition coefficient (Wildman–Crippen LogP) is 5.03. The molecule has 0 amide bonds. The van der Waals surface area contributed by atoms with Gasteiger partial charge in [-0.2, -0.15) is 5.10 Å². The van der Waals surface area contributed by atoms with Crippen molar-refractivity contribution in [3.8, 4) is 5.75 Å². The van der Waals surface area contributed by atoms with E-state index in [9.17, 15) is 4.79 Å². The first-order valence-electron chi connectivity index (χ1n) is 11.5. The highest BCUT2D eigenvalue weighted by molar-refractivity contribution is 5.89. The topological polar surface area (TPSA) is 67.4 Å². The lowest BCUT2D eigenvalue weighted by molar-refractivity contribution is 0.0600. The zero-order valence-corrected chi connectivity index (χ0v) is 19.1. The molecule has 1 aliphatic carbocycles. The number of esters is 1. The van der Waals surface area contributed by atoms with Gasteiger partial charge in [-0.15, -0.1) is 0 Å². The summed E-state index contributed by atoms with van der Waals surface area (Å²) in [6.45, 7) is 3.95. The number of rotatable bonds is 6. The molecular weight excluding hydrogens is 402 g/mol. The van der Waals surface area contributed by atoms with Gasteiger partial charge in [0.25, 0.3) is 0 Å². The summed E-state index contributed by atoms with van der Waals surface area (Å²) in [5.74, 6) is 2.30. The SMILES string of the molecule is COC(=O)c1ccc([C@@H]2CC(C3CC3)CCN2Cc2c(OC)cc(C)c3[nH]ncc23)cc1. The maximum absolute atomic E-state index is 11.9. The van der Waals surface area contributed by atoms with Crippen LogP contribution in [0.25, 0.3) is 10.9 Å². The quantitative estimate of drug-likeness (QED) is 0.552. The third kappa shape index (κ3) is 3.88. The molecule has 0 bridgehead atoms. The van der Waals surface area contributed by atoms with Gasteiger partial charge in [-0.05, 0) is 80.3 Å². The van der Waals surface area contributed by atoms with Crippen molar-refractivity contribution in [2.75, 3.05) is 20.8 Å². The van der Waals surface area contributed by atoms with Gasteiger partial charge in [-0.3, -0.25) is 10.00 Å². The number of hydrogen-bond donors (Lipinski definition) is 1. The zero-order chi connectivity index (χ0) is 22.2. The van der Waals surface area contributed by atoms with Crippen molar-refractivity contribution in [2.24, 2.45) is 11.8 Å². The minimum absolute atomic E-state index is 0.292. The molecule has 1 aliphatic heterocycles. The van der Waals surface area contributed by atoms with Crippen molar-refractivity contribution in [1.82, 2.24) is 15.1 Å². The molecule has 2 atom stereocenters. The van der Waals surface area contributed by atoms with Gasteiger partial charge in [0.05, 0.1) is 31.5 Å². The Morgan fingerprint density at radius 2 is 1.94 bits per heavy atom. The van der Waals surface area contributed by atoms with Gasteiger partial charge in [-0.25, -0.2) is 4.79 Å². The maximum atomic E-state index is 11.9. The molecule has 2 fully saturated rings. The summed E-state index contributed by atoms with van der Waals surface area (Å²) in [4.78, 5) is 14.5. The van der Waals surface area contributed by atoms with Crippen LogP contribution in [0.4, 0.5) is 0 Å². The van der Waals surface area contributed by atoms with Gasteiger partial charge >= 0.3 is 5.97 Å². The molecule has 6 nitrogen and oxygen atoms in total. The van der Waals surface area contributed by atoms with Gasteiger partial charge in [0, 0.05) is 23.5 Å². The molecule has 1 unspecified atom stereocenters. The largest absolute Gasteiger partial charge is 0.496 e. The Morgan fingerprint density at radius 3 is 2.62 bits per heavy atom. The third-order valence-corrected chi connectivity index (χ3v) is 7.34. The van der Waals surface area contributed by atoms with Crippen LogP contribution < -0.4 is 4.74 Å². The fourth-order valence-corrected chi connectivity index (χ4v) is 5.38. The summed E-state index contributed by atoms with van der Waals surface area (Å²) in [6.07, 6.45) is 7.06. The van der Waals surface area contributed by atoms with Crippen LogP contribution in [0.3, 0.4) is 0 Å². The van der Waals surface area contributed by atoms with Crippen molar-refractivity contribution in [3.63, 3.8) is 0 Å². The Hall–Kier alpha value is -2.86. The second kappa shape index (κ2) is 8.58. The predicted molar refractivity (Wildman–Crippen MR) is 124 cm³/mol. The van der Waals surface area contributed by atoms with Crippen LogP contribution in [0, 0.1) is 18.8 Å². The second-order valence-electron chi connectivity index (χ2n) is 9.25. The number of ether oxygens (including phenoxy) is 2. The number of benzene rings is 2. The van der Waals surface area contributed by atoms with E-state index in [-0.39, 0.29) is 5.97 Å². The summed E-state index contributed by atoms with van der Waals surface area (Å²) in [5, 5.41) is 8.58. The number of hydrogen-bond acceptors (Lipinski definition) is 5. The van der Waals surface area contributed by atoms with Gasteiger partial charge in [0.15, 0.2) is 0 Å². The number of methoxy groups -OCH3 is 2. The van der Waals surface area contributed by atoms with E-state index in [2.05, 4.69) is 40.2 Å². The fourth-order valence-electron chi connectivity index (χ4n) is 5.38. The minimum atomic E-state index is -0.292. The first-order chi connectivity index (χ1) is 15.6. The number of H-pyrrole nitrogens is 1. The number of likely N-dealkylation sites (tertiary alicyclic amines) is 1. The molecule has 1 saturated heterocycles. The minimum Gasteiger partial charge on any atom is -0.496 e. The van der Waals surface area contributed by atoms with E-state index in [0.717, 1.165) is 53.6 Å². The summed E-state index contributed by atoms with van der Waals surface area (Å²) in [5.41, 5.74) is 5.26. The van der Waals surface area contributed by atoms with Gasteiger partial charge in [0.2, 0.25) is 0 Å². The molecule has 2 aliphatic rings. The van der Waals surface area contributed by atoms with E-state index in [4.69, 9.17) is 9.47 Å². The number of nitrogens with zero attached hydrogens (tertiary/aromatic N) is 2. The van der Waals surface area contributed by atoms with Crippen LogP contribution in [-0.4, -0.2) is 41.8 Å². The standard InChI is InChI=1S/C26H31N3O3/c1-16-12-24(31-2)22(21-14-27-28-25(16)21)15-29-11-10-20(17-4-5-17)13-23(29)18-6-8-19(9-7-18)26(30)32-3/h6-9,12,14,17,20,23H,4-5,10-11,13,15H2,1-3H3,(H,27,28)/t20?,23-/m0/s1. The molecule has 6 heteroatoms. The van der Waals surface area contributed by atoms with E-state index < -0.39 is 0 Å². The zero-order valence-electron chi connectivity index (χ0n) is 19.1. The summed E-state index contributed by atoms with van der Waals surface area (Å²) < 4.78 is 10.7. The van der Waals surface area contributed by atoms with Crippen molar-refractivity contribution < 1.29 is 14.3 Å². The van der Waals surface area contributed by atoms with Crippen molar-refractivity contribution >= 4 is 16.9 Å². The molecule has 1 N–H and O–H groups in total. The van der Waals surface area contributed by atoms with E-state index in [0.29, 0.717) is 11.6 Å². The second-order valence-corrected chi connectivity index (χ2v) is 9.25. The smallest absolute Gasteiger partial charge is 0.337 e. The Kier molecular flexibility index (Phi) is 5.64. The number of fused-ring (bicyclic) bond motifs is 1. The highest BCUT2D eigenvalue weighted by Crippen LogP contribution is 2.47. The molecular formula is C26H31N3O3. The summed E-state index contributed by atoms with van der Waals surface area (Å²) in [7, 11) is 3.16. The molecule has 5 rings (SSSR count). The molecule has 32 heavy (non-hydrogen) atoms. The monoisotopic (exact) mass is 433 g/mol. The maximum Gasteiger partial charge on any atom is 0.337 e. The lowest BCUT2D eigenvalue weighted by Crippen LogP contribution is -2.37. The number of carbonyl (C=O) groups excluding carboxylic acids is 1. The number of aromatic nitrogens is 2. The first-order valence-corrected chi connectivity index (χ1v) is 11.5. The molecule has 3 aromatic rings. The van der Waals surface area contributed by atoms with Crippen LogP contribution in [0.5, 0.6) is 5.75 Å². The molecule has 0 spiro atoms. The van der Waals surface area contributed by atoms with E-state index in [1.807, 2.05) is 18.3 Å². The number of aryl methyl sites for hydroxylation is 1. The molecule has 1 aromatic heterocycles. The Morgan fingerprint density at radius 1 is 1.16 bits per heavy atom. The lowest BCUT2D eigenvalue weighted by atomic mass is 9.83. The van der Waals surface area contributed by atoms with E-state index >= 15 is 0 Å². The summed E-state index contributed by atoms with van der Waals surface area (Å²) >= 11 is 0. The van der Waals surface area contributed by atoms with Crippen LogP contribution in [0.1, 0.15) is 58.8 Å². The fraction of sp³-hybridized carbons (Fsp3) is 0.462. The summed E-state index contributed by atoms with van der Waals surface area (Å²) in [6, 6.07) is 10.4. The normalized spacial score (nSPS) is 21.6. The van der Waals surface area contributed by atoms with Gasteiger partial charge in [0.1, 0.15) is 5.75 Å². The number of carbonyl (C=O) groups is 1. The van der Waals surface area contributed by atoms with E-state index in [1.54, 1.807) is 7.11 Å². The van der Waals surface area contributed by atoms with Crippen LogP contribution in [0.2, 0.25) is 0 Å². The highest BCUT2D eigenvalue weighted by atomic mass is 16.5. The number of piperidine rings is 1. The first kappa shape index (κ1) is 21.0. The van der Waals surface area contributed by atoms with Crippen molar-refractivity contribution in [2.45, 2.75) is 45.2 Å². The van der Waals surface area contributed by atoms with Gasteiger partial charge in [-0.1, -0.05) is 12.1 Å². The molecule has 2 aromatic carbocycles. The number of nitrogens with one attached hydrogen (secondary N) is 1. The average Bonchev–Trinajstić information content (AvgIpc) is 3.56. The van der Waals surface area contributed by atoms with E-state index in [1.165, 1.54) is 37.5 Å². The third-order valence-electron chi connectivity index (χ3n) is 7.34. The number of aromatic amines is 1. The molecule has 0 radical (unpaired) electrons. The van der Waals surface area contributed by atoms with Gasteiger partial charge < -0.3 is 9.47 Å². The Balaban J connectivity index is 1.48. The molecule has 1 saturated carbocycles. The molecule has 168 valence electrons. The Bertz CT molecular complexity index is 1120. The highest BCUT2D eigenvalue weighted by Gasteiger charge is 2.38. The van der Waals surface area contributed by atoms with Crippen LogP contribution >= 0.6 is 0 Å². The Labute approximate surface area is 188 Å². The van der Waals surface area contributed by atoms with Crippen LogP contribution in [0.15, 0.2) is 36.5 Å². The lowest BCUT2D eigenvalue weighted by Gasteiger charge is -2.40. The van der Waals surface area contributed by atoms with Crippen LogP contribution in [-0.2, 0) is 11.3 Å².